The lowest BCUT2D eigenvalue weighted by Gasteiger charge is -2.29. The number of hydrogen-bond acceptors (Lipinski definition) is 4. The third kappa shape index (κ3) is 4.19. The second-order valence-electron chi connectivity index (χ2n) is 7.00. The van der Waals surface area contributed by atoms with Crippen LogP contribution in [0.2, 0.25) is 0 Å². The summed E-state index contributed by atoms with van der Waals surface area (Å²) < 4.78 is 0. The number of rotatable bonds is 6. The van der Waals surface area contributed by atoms with Crippen molar-refractivity contribution in [2.24, 2.45) is 0 Å². The number of para-hydroxylation sites is 1. The van der Waals surface area contributed by atoms with Crippen LogP contribution in [0, 0.1) is 0 Å². The Kier molecular flexibility index (Phi) is 5.61. The molecule has 1 N–H and O–H groups in total. The normalized spacial score (nSPS) is 13.1. The Bertz CT molecular complexity index is 925. The Balaban J connectivity index is 1.34. The first kappa shape index (κ1) is 18.2. The molecule has 3 aromatic rings. The second kappa shape index (κ2) is 8.65. The SMILES string of the molecule is O=C(c1cnc(NCCCc2ccccc2)nc1)N1CCCc2ccccc21. The lowest BCUT2D eigenvalue weighted by molar-refractivity contribution is 0.0984. The summed E-state index contributed by atoms with van der Waals surface area (Å²) in [5.41, 5.74) is 4.07. The summed E-state index contributed by atoms with van der Waals surface area (Å²) in [5, 5.41) is 3.23. The van der Waals surface area contributed by atoms with Crippen LogP contribution < -0.4 is 10.2 Å². The van der Waals surface area contributed by atoms with Crippen LogP contribution in [0.3, 0.4) is 0 Å². The van der Waals surface area contributed by atoms with Crippen molar-refractivity contribution < 1.29 is 4.79 Å². The Morgan fingerprint density at radius 3 is 2.57 bits per heavy atom. The first-order chi connectivity index (χ1) is 13.8. The molecule has 0 atom stereocenters. The molecule has 0 saturated carbocycles. The van der Waals surface area contributed by atoms with Gasteiger partial charge in [-0.1, -0.05) is 48.5 Å². The van der Waals surface area contributed by atoms with Crippen LogP contribution in [-0.2, 0) is 12.8 Å². The first-order valence-electron chi connectivity index (χ1n) is 9.81. The van der Waals surface area contributed by atoms with E-state index in [9.17, 15) is 4.79 Å². The van der Waals surface area contributed by atoms with Gasteiger partial charge in [-0.2, -0.15) is 0 Å². The molecular formula is C23H24N4O. The predicted octanol–water partition coefficient (Wildman–Crippen LogP) is 4.11. The molecule has 0 spiro atoms. The van der Waals surface area contributed by atoms with Crippen LogP contribution in [0.25, 0.3) is 0 Å². The third-order valence-corrected chi connectivity index (χ3v) is 5.02. The van der Waals surface area contributed by atoms with Gasteiger partial charge in [-0.25, -0.2) is 9.97 Å². The van der Waals surface area contributed by atoms with Crippen LogP contribution >= 0.6 is 0 Å². The van der Waals surface area contributed by atoms with Gasteiger partial charge in [-0.3, -0.25) is 4.79 Å². The fraction of sp³-hybridized carbons (Fsp3) is 0.261. The van der Waals surface area contributed by atoms with Crippen molar-refractivity contribution in [3.8, 4) is 0 Å². The minimum Gasteiger partial charge on any atom is -0.354 e. The summed E-state index contributed by atoms with van der Waals surface area (Å²) in [6.45, 7) is 1.52. The zero-order valence-corrected chi connectivity index (χ0v) is 15.8. The molecule has 5 heteroatoms. The maximum atomic E-state index is 12.9. The van der Waals surface area contributed by atoms with Gasteiger partial charge in [-0.05, 0) is 42.9 Å². The molecule has 5 nitrogen and oxygen atoms in total. The fourth-order valence-electron chi connectivity index (χ4n) is 3.57. The molecule has 1 aliphatic rings. The smallest absolute Gasteiger partial charge is 0.261 e. The quantitative estimate of drug-likeness (QED) is 0.662. The van der Waals surface area contributed by atoms with Crippen LogP contribution in [0.15, 0.2) is 67.0 Å². The van der Waals surface area contributed by atoms with Gasteiger partial charge in [-0.15, -0.1) is 0 Å². The maximum Gasteiger partial charge on any atom is 0.261 e. The minimum atomic E-state index is -0.0391. The van der Waals surface area contributed by atoms with E-state index in [-0.39, 0.29) is 5.91 Å². The highest BCUT2D eigenvalue weighted by Gasteiger charge is 2.23. The van der Waals surface area contributed by atoms with Crippen molar-refractivity contribution in [3.63, 3.8) is 0 Å². The topological polar surface area (TPSA) is 58.1 Å². The van der Waals surface area contributed by atoms with E-state index in [1.54, 1.807) is 12.4 Å². The van der Waals surface area contributed by atoms with E-state index in [1.807, 2.05) is 29.2 Å². The molecule has 1 aromatic heterocycles. The van der Waals surface area contributed by atoms with Crippen molar-refractivity contribution in [1.82, 2.24) is 9.97 Å². The van der Waals surface area contributed by atoms with Gasteiger partial charge in [0.1, 0.15) is 0 Å². The van der Waals surface area contributed by atoms with Crippen molar-refractivity contribution >= 4 is 17.5 Å². The summed E-state index contributed by atoms with van der Waals surface area (Å²) in [5.74, 6) is 0.520. The molecular weight excluding hydrogens is 348 g/mol. The predicted molar refractivity (Wildman–Crippen MR) is 112 cm³/mol. The molecule has 0 fully saturated rings. The van der Waals surface area contributed by atoms with E-state index >= 15 is 0 Å². The highest BCUT2D eigenvalue weighted by molar-refractivity contribution is 6.06. The molecule has 1 amide bonds. The standard InChI is InChI=1S/C23H24N4O/c28-22(27-15-7-12-19-11-4-5-13-21(19)27)20-16-25-23(26-17-20)24-14-6-10-18-8-2-1-3-9-18/h1-5,8-9,11,13,16-17H,6-7,10,12,14-15H2,(H,24,25,26). The molecule has 1 aliphatic heterocycles. The molecule has 4 rings (SSSR count). The van der Waals surface area contributed by atoms with E-state index in [1.165, 1.54) is 11.1 Å². The average molecular weight is 372 g/mol. The van der Waals surface area contributed by atoms with E-state index < -0.39 is 0 Å². The number of fused-ring (bicyclic) bond motifs is 1. The van der Waals surface area contributed by atoms with E-state index in [2.05, 4.69) is 45.6 Å². The number of anilines is 2. The van der Waals surface area contributed by atoms with Gasteiger partial charge in [0.15, 0.2) is 0 Å². The largest absolute Gasteiger partial charge is 0.354 e. The van der Waals surface area contributed by atoms with Crippen molar-refractivity contribution in [2.45, 2.75) is 25.7 Å². The van der Waals surface area contributed by atoms with Crippen LogP contribution in [-0.4, -0.2) is 29.0 Å². The molecule has 0 saturated heterocycles. The number of aromatic nitrogens is 2. The zero-order valence-electron chi connectivity index (χ0n) is 15.8. The third-order valence-electron chi connectivity index (χ3n) is 5.02. The average Bonchev–Trinajstić information content (AvgIpc) is 2.77. The lowest BCUT2D eigenvalue weighted by Crippen LogP contribution is -2.35. The number of amides is 1. The molecule has 0 radical (unpaired) electrons. The molecule has 28 heavy (non-hydrogen) atoms. The van der Waals surface area contributed by atoms with E-state index in [0.29, 0.717) is 11.5 Å². The van der Waals surface area contributed by atoms with Crippen molar-refractivity contribution in [1.29, 1.82) is 0 Å². The molecule has 0 bridgehead atoms. The van der Waals surface area contributed by atoms with Crippen molar-refractivity contribution in [3.05, 3.63) is 83.7 Å². The maximum absolute atomic E-state index is 12.9. The Labute approximate surface area is 165 Å². The first-order valence-corrected chi connectivity index (χ1v) is 9.81. The number of hydrogen-bond donors (Lipinski definition) is 1. The zero-order chi connectivity index (χ0) is 19.2. The minimum absolute atomic E-state index is 0.0391. The Morgan fingerprint density at radius 2 is 1.75 bits per heavy atom. The lowest BCUT2D eigenvalue weighted by atomic mass is 10.0. The number of nitrogens with zero attached hydrogens (tertiary/aromatic N) is 3. The highest BCUT2D eigenvalue weighted by Crippen LogP contribution is 2.27. The summed E-state index contributed by atoms with van der Waals surface area (Å²) in [6, 6.07) is 18.5. The molecule has 0 aliphatic carbocycles. The summed E-state index contributed by atoms with van der Waals surface area (Å²) in [6.07, 6.45) is 7.24. The summed E-state index contributed by atoms with van der Waals surface area (Å²) >= 11 is 0. The number of benzene rings is 2. The Morgan fingerprint density at radius 1 is 1.00 bits per heavy atom. The fourth-order valence-corrected chi connectivity index (χ4v) is 3.57. The molecule has 142 valence electrons. The molecule has 2 heterocycles. The number of aryl methyl sites for hydroxylation is 2. The van der Waals surface area contributed by atoms with Gasteiger partial charge >= 0.3 is 0 Å². The van der Waals surface area contributed by atoms with Crippen LogP contribution in [0.4, 0.5) is 11.6 Å². The summed E-state index contributed by atoms with van der Waals surface area (Å²) in [7, 11) is 0. The number of nitrogens with one attached hydrogen (secondary N) is 1. The van der Waals surface area contributed by atoms with Gasteiger partial charge in [0.25, 0.3) is 5.91 Å². The van der Waals surface area contributed by atoms with Crippen LogP contribution in [0.1, 0.15) is 34.3 Å². The van der Waals surface area contributed by atoms with Gasteiger partial charge in [0.2, 0.25) is 5.95 Å². The highest BCUT2D eigenvalue weighted by atomic mass is 16.2. The molecule has 2 aromatic carbocycles. The van der Waals surface area contributed by atoms with Gasteiger partial charge < -0.3 is 10.2 Å². The summed E-state index contributed by atoms with van der Waals surface area (Å²) in [4.78, 5) is 23.4. The van der Waals surface area contributed by atoms with Crippen LogP contribution in [0.5, 0.6) is 0 Å². The monoisotopic (exact) mass is 372 g/mol. The number of carbonyl (C=O) groups excluding carboxylic acids is 1. The Hall–Kier alpha value is -3.21. The van der Waals surface area contributed by atoms with E-state index in [0.717, 1.165) is 44.5 Å². The van der Waals surface area contributed by atoms with E-state index in [4.69, 9.17) is 0 Å². The van der Waals surface area contributed by atoms with Gasteiger partial charge in [0.05, 0.1) is 5.56 Å². The number of carbonyl (C=O) groups is 1. The van der Waals surface area contributed by atoms with Crippen molar-refractivity contribution in [2.75, 3.05) is 23.3 Å². The van der Waals surface area contributed by atoms with Gasteiger partial charge in [0, 0.05) is 31.2 Å². The second-order valence-corrected chi connectivity index (χ2v) is 7.00. The molecule has 0 unspecified atom stereocenters.